The van der Waals surface area contributed by atoms with Crippen LogP contribution in [0, 0.1) is 23.1 Å². The monoisotopic (exact) mass is 372 g/mol. The Bertz CT molecular complexity index is 785. The first-order chi connectivity index (χ1) is 12.5. The van der Waals surface area contributed by atoms with Gasteiger partial charge < -0.3 is 9.64 Å². The molecule has 2 rings (SSSR count). The second kappa shape index (κ2) is 8.12. The molecule has 0 bridgehead atoms. The maximum Gasteiger partial charge on any atom is 0.410 e. The third kappa shape index (κ3) is 5.32. The van der Waals surface area contributed by atoms with E-state index >= 15 is 0 Å². The highest BCUT2D eigenvalue weighted by Crippen LogP contribution is 2.31. The number of rotatable bonds is 3. The number of ether oxygens (including phenoxy) is 1. The van der Waals surface area contributed by atoms with Gasteiger partial charge in [0.1, 0.15) is 17.5 Å². The molecule has 1 aromatic carbocycles. The third-order valence-corrected chi connectivity index (χ3v) is 4.46. The molecule has 0 fully saturated rings. The largest absolute Gasteiger partial charge is 0.444 e. The number of carbonyl (C=O) groups is 1. The number of halogens is 1. The summed E-state index contributed by atoms with van der Waals surface area (Å²) in [6, 6.07) is 5.29. The minimum absolute atomic E-state index is 0.0756. The first kappa shape index (κ1) is 21.0. The van der Waals surface area contributed by atoms with E-state index in [-0.39, 0.29) is 17.7 Å². The number of nitriles is 1. The van der Waals surface area contributed by atoms with Gasteiger partial charge in [-0.15, -0.1) is 0 Å². The number of amides is 1. The van der Waals surface area contributed by atoms with Crippen molar-refractivity contribution in [2.24, 2.45) is 5.92 Å². The van der Waals surface area contributed by atoms with E-state index in [2.05, 4.69) is 13.8 Å². The lowest BCUT2D eigenvalue weighted by molar-refractivity contribution is 0.0199. The van der Waals surface area contributed by atoms with E-state index < -0.39 is 11.4 Å². The molecule has 0 saturated heterocycles. The fraction of sp³-hybridized carbons (Fsp3) is 0.545. The minimum atomic E-state index is -0.553. The van der Waals surface area contributed by atoms with Crippen LogP contribution in [0.25, 0.3) is 5.57 Å². The normalized spacial score (nSPS) is 17.5. The zero-order valence-corrected chi connectivity index (χ0v) is 17.1. The molecule has 1 amide bonds. The van der Waals surface area contributed by atoms with Crippen molar-refractivity contribution in [2.75, 3.05) is 6.54 Å². The summed E-state index contributed by atoms with van der Waals surface area (Å²) in [5.74, 6) is -0.0825. The van der Waals surface area contributed by atoms with E-state index in [1.165, 1.54) is 6.07 Å². The Morgan fingerprint density at radius 1 is 1.41 bits per heavy atom. The van der Waals surface area contributed by atoms with Crippen LogP contribution in [0.15, 0.2) is 18.2 Å². The van der Waals surface area contributed by atoms with E-state index in [1.807, 2.05) is 45.9 Å². The average molecular weight is 372 g/mol. The van der Waals surface area contributed by atoms with Crippen LogP contribution >= 0.6 is 0 Å². The van der Waals surface area contributed by atoms with Gasteiger partial charge in [-0.1, -0.05) is 19.9 Å². The van der Waals surface area contributed by atoms with Gasteiger partial charge in [0.25, 0.3) is 0 Å². The molecule has 0 spiro atoms. The second-order valence-electron chi connectivity index (χ2n) is 8.63. The molecule has 146 valence electrons. The second-order valence-corrected chi connectivity index (χ2v) is 8.63. The van der Waals surface area contributed by atoms with Crippen molar-refractivity contribution in [3.05, 3.63) is 40.7 Å². The van der Waals surface area contributed by atoms with Gasteiger partial charge >= 0.3 is 6.09 Å². The van der Waals surface area contributed by atoms with Gasteiger partial charge in [-0.05, 0) is 75.3 Å². The summed E-state index contributed by atoms with van der Waals surface area (Å²) in [6.45, 7) is 12.0. The van der Waals surface area contributed by atoms with Crippen molar-refractivity contribution < 1.29 is 13.9 Å². The molecular weight excluding hydrogens is 343 g/mol. The Morgan fingerprint density at radius 2 is 2.07 bits per heavy atom. The van der Waals surface area contributed by atoms with Crippen LogP contribution in [0.1, 0.15) is 64.7 Å². The van der Waals surface area contributed by atoms with Crippen molar-refractivity contribution >= 4 is 11.7 Å². The predicted octanol–water partition coefficient (Wildman–Crippen LogP) is 5.31. The van der Waals surface area contributed by atoms with Crippen molar-refractivity contribution in [2.45, 2.75) is 66.0 Å². The van der Waals surface area contributed by atoms with Crippen molar-refractivity contribution in [3.63, 3.8) is 0 Å². The van der Waals surface area contributed by atoms with Crippen LogP contribution in [-0.2, 0) is 11.2 Å². The molecule has 1 aromatic rings. The lowest BCUT2D eigenvalue weighted by Gasteiger charge is -2.34. The van der Waals surface area contributed by atoms with Gasteiger partial charge in [0.2, 0.25) is 0 Å². The van der Waals surface area contributed by atoms with Crippen LogP contribution in [0.5, 0.6) is 0 Å². The van der Waals surface area contributed by atoms with Gasteiger partial charge in [-0.2, -0.15) is 5.26 Å². The fourth-order valence-corrected chi connectivity index (χ4v) is 3.31. The number of hydrogen-bond acceptors (Lipinski definition) is 3. The topological polar surface area (TPSA) is 53.3 Å². The van der Waals surface area contributed by atoms with Crippen LogP contribution in [0.3, 0.4) is 0 Å². The Labute approximate surface area is 161 Å². The molecule has 4 nitrogen and oxygen atoms in total. The Hall–Kier alpha value is -2.35. The van der Waals surface area contributed by atoms with E-state index in [0.717, 1.165) is 17.6 Å². The van der Waals surface area contributed by atoms with Crippen molar-refractivity contribution in [1.29, 1.82) is 5.26 Å². The molecule has 27 heavy (non-hydrogen) atoms. The molecule has 0 unspecified atom stereocenters. The summed E-state index contributed by atoms with van der Waals surface area (Å²) in [4.78, 5) is 14.0. The van der Waals surface area contributed by atoms with Crippen LogP contribution in [0.4, 0.5) is 9.18 Å². The number of benzene rings is 1. The summed E-state index contributed by atoms with van der Waals surface area (Å²) in [6.07, 6.45) is 2.85. The van der Waals surface area contributed by atoms with Gasteiger partial charge in [0.15, 0.2) is 0 Å². The zero-order chi connectivity index (χ0) is 20.4. The summed E-state index contributed by atoms with van der Waals surface area (Å²) in [5, 5.41) is 9.43. The molecule has 1 heterocycles. The van der Waals surface area contributed by atoms with Crippen molar-refractivity contribution in [1.82, 2.24) is 4.90 Å². The summed E-state index contributed by atoms with van der Waals surface area (Å²) in [7, 11) is 0. The molecule has 1 aliphatic heterocycles. The lowest BCUT2D eigenvalue weighted by Crippen LogP contribution is -2.44. The van der Waals surface area contributed by atoms with E-state index in [9.17, 15) is 14.4 Å². The maximum absolute atomic E-state index is 14.5. The highest BCUT2D eigenvalue weighted by Gasteiger charge is 2.29. The summed E-state index contributed by atoms with van der Waals surface area (Å²) < 4.78 is 19.9. The number of hydrogen-bond donors (Lipinski definition) is 0. The van der Waals surface area contributed by atoms with Gasteiger partial charge in [0.05, 0.1) is 5.56 Å². The molecule has 0 aromatic heterocycles. The van der Waals surface area contributed by atoms with Crippen LogP contribution < -0.4 is 0 Å². The predicted molar refractivity (Wildman–Crippen MR) is 105 cm³/mol. The molecule has 0 saturated carbocycles. The quantitative estimate of drug-likeness (QED) is 0.722. The highest BCUT2D eigenvalue weighted by atomic mass is 19.1. The lowest BCUT2D eigenvalue weighted by atomic mass is 9.89. The average Bonchev–Trinajstić information content (AvgIpc) is 2.51. The Kier molecular flexibility index (Phi) is 6.30. The molecule has 1 aliphatic rings. The van der Waals surface area contributed by atoms with E-state index in [1.54, 1.807) is 4.90 Å². The SMILES string of the molecule is CC(C)Cc1cc(F)c(C#N)c(C2=CCN(C(=O)OC(C)(C)C)[C@@H](C)C2)c1. The van der Waals surface area contributed by atoms with Gasteiger partial charge in [-0.3, -0.25) is 0 Å². The molecular formula is C22H29FN2O2. The first-order valence-electron chi connectivity index (χ1n) is 9.43. The van der Waals surface area contributed by atoms with Gasteiger partial charge in [0, 0.05) is 12.6 Å². The molecule has 0 aliphatic carbocycles. The summed E-state index contributed by atoms with van der Waals surface area (Å²) >= 11 is 0. The molecule has 0 radical (unpaired) electrons. The molecule has 1 atom stereocenters. The standard InChI is InChI=1S/C22H29FN2O2/c1-14(2)9-16-11-18(19(13-24)20(23)12-16)17-7-8-25(15(3)10-17)21(26)27-22(4,5)6/h7,11-12,14-15H,8-10H2,1-6H3/t15-/m0/s1. The Morgan fingerprint density at radius 3 is 2.59 bits per heavy atom. The smallest absolute Gasteiger partial charge is 0.410 e. The van der Waals surface area contributed by atoms with Crippen molar-refractivity contribution in [3.8, 4) is 6.07 Å². The number of carbonyl (C=O) groups excluding carboxylic acids is 1. The molecule has 5 heteroatoms. The first-order valence-corrected chi connectivity index (χ1v) is 9.43. The fourth-order valence-electron chi connectivity index (χ4n) is 3.31. The van der Waals surface area contributed by atoms with Crippen LogP contribution in [-0.4, -0.2) is 29.2 Å². The van der Waals surface area contributed by atoms with Gasteiger partial charge in [-0.25, -0.2) is 9.18 Å². The molecule has 0 N–H and O–H groups in total. The summed E-state index contributed by atoms with van der Waals surface area (Å²) in [5.41, 5.74) is 1.96. The zero-order valence-electron chi connectivity index (χ0n) is 17.1. The highest BCUT2D eigenvalue weighted by molar-refractivity contribution is 5.76. The van der Waals surface area contributed by atoms with E-state index in [0.29, 0.717) is 24.4 Å². The van der Waals surface area contributed by atoms with E-state index in [4.69, 9.17) is 4.74 Å². The van der Waals surface area contributed by atoms with Crippen LogP contribution in [0.2, 0.25) is 0 Å². The number of nitrogens with zero attached hydrogens (tertiary/aromatic N) is 2. The Balaban J connectivity index is 2.33. The maximum atomic E-state index is 14.5. The minimum Gasteiger partial charge on any atom is -0.444 e. The third-order valence-electron chi connectivity index (χ3n) is 4.46.